The monoisotopic (exact) mass is 443 g/mol. The minimum absolute atomic E-state index is 0.129. The molecule has 2 N–H and O–H groups in total. The van der Waals surface area contributed by atoms with E-state index in [0.717, 1.165) is 60.0 Å². The summed E-state index contributed by atoms with van der Waals surface area (Å²) in [7, 11) is 0. The van der Waals surface area contributed by atoms with Crippen molar-refractivity contribution in [2.24, 2.45) is 5.92 Å². The number of nitrogens with zero attached hydrogens (tertiary/aromatic N) is 6. The highest BCUT2D eigenvalue weighted by Crippen LogP contribution is 2.27. The van der Waals surface area contributed by atoms with E-state index >= 15 is 0 Å². The van der Waals surface area contributed by atoms with Gasteiger partial charge >= 0.3 is 0 Å². The molecule has 0 aromatic carbocycles. The van der Waals surface area contributed by atoms with Crippen molar-refractivity contribution in [2.75, 3.05) is 5.32 Å². The first-order valence-corrected chi connectivity index (χ1v) is 11.6. The van der Waals surface area contributed by atoms with Crippen molar-refractivity contribution in [1.29, 1.82) is 0 Å². The Bertz CT molecular complexity index is 1240. The molecule has 1 aliphatic carbocycles. The molecule has 1 fully saturated rings. The van der Waals surface area contributed by atoms with Crippen LogP contribution in [-0.2, 0) is 6.54 Å². The Morgan fingerprint density at radius 3 is 2.67 bits per heavy atom. The number of hydrogen-bond donors (Lipinski definition) is 2. The van der Waals surface area contributed by atoms with Gasteiger partial charge in [-0.25, -0.2) is 4.98 Å². The average molecular weight is 444 g/mol. The van der Waals surface area contributed by atoms with Crippen molar-refractivity contribution in [1.82, 2.24) is 29.9 Å². The van der Waals surface area contributed by atoms with E-state index in [9.17, 15) is 5.11 Å². The van der Waals surface area contributed by atoms with Gasteiger partial charge in [0.15, 0.2) is 5.82 Å². The smallest absolute Gasteiger partial charge is 0.154 e. The molecule has 8 nitrogen and oxygen atoms in total. The van der Waals surface area contributed by atoms with Crippen LogP contribution in [0.25, 0.3) is 22.2 Å². The van der Waals surface area contributed by atoms with Crippen LogP contribution in [0.1, 0.15) is 51.0 Å². The molecular formula is C25H29N7O. The molecule has 4 aromatic rings. The first kappa shape index (κ1) is 21.5. The fourth-order valence-corrected chi connectivity index (χ4v) is 4.33. The first-order valence-electron chi connectivity index (χ1n) is 11.6. The van der Waals surface area contributed by atoms with Gasteiger partial charge in [-0.2, -0.15) is 10.2 Å². The van der Waals surface area contributed by atoms with Crippen molar-refractivity contribution in [3.63, 3.8) is 0 Å². The number of pyridine rings is 2. The minimum Gasteiger partial charge on any atom is -0.393 e. The van der Waals surface area contributed by atoms with Crippen LogP contribution in [0.3, 0.4) is 0 Å². The van der Waals surface area contributed by atoms with Crippen LogP contribution in [0.2, 0.25) is 0 Å². The first-order chi connectivity index (χ1) is 16.0. The van der Waals surface area contributed by atoms with Gasteiger partial charge in [-0.3, -0.25) is 9.67 Å². The molecule has 0 radical (unpaired) electrons. The lowest BCUT2D eigenvalue weighted by molar-refractivity contribution is 0.103. The Hall–Kier alpha value is -3.39. The number of aliphatic hydroxyl groups is 1. The third-order valence-corrected chi connectivity index (χ3v) is 6.36. The van der Waals surface area contributed by atoms with Crippen molar-refractivity contribution < 1.29 is 5.11 Å². The predicted octanol–water partition coefficient (Wildman–Crippen LogP) is 4.70. The van der Waals surface area contributed by atoms with Crippen LogP contribution in [-0.4, -0.2) is 41.2 Å². The quantitative estimate of drug-likeness (QED) is 0.445. The Labute approximate surface area is 193 Å². The minimum atomic E-state index is -0.129. The molecule has 1 aliphatic rings. The molecule has 0 aliphatic heterocycles. The van der Waals surface area contributed by atoms with E-state index < -0.39 is 0 Å². The summed E-state index contributed by atoms with van der Waals surface area (Å²) in [6, 6.07) is 7.90. The molecule has 4 heterocycles. The van der Waals surface area contributed by atoms with Crippen molar-refractivity contribution >= 4 is 22.7 Å². The van der Waals surface area contributed by atoms with E-state index in [2.05, 4.69) is 45.6 Å². The Morgan fingerprint density at radius 2 is 1.85 bits per heavy atom. The Kier molecular flexibility index (Phi) is 6.00. The number of aliphatic hydroxyl groups excluding tert-OH is 1. The zero-order chi connectivity index (χ0) is 22.8. The highest BCUT2D eigenvalue weighted by Gasteiger charge is 2.20. The summed E-state index contributed by atoms with van der Waals surface area (Å²) in [4.78, 5) is 9.34. The third-order valence-electron chi connectivity index (χ3n) is 6.36. The highest BCUT2D eigenvalue weighted by molar-refractivity contribution is 5.81. The number of rotatable bonds is 6. The van der Waals surface area contributed by atoms with Gasteiger partial charge in [0, 0.05) is 30.1 Å². The van der Waals surface area contributed by atoms with Gasteiger partial charge in [0.2, 0.25) is 0 Å². The summed E-state index contributed by atoms with van der Waals surface area (Å²) < 4.78 is 2.01. The van der Waals surface area contributed by atoms with Gasteiger partial charge in [0.1, 0.15) is 5.82 Å². The number of anilines is 2. The maximum Gasteiger partial charge on any atom is 0.154 e. The lowest BCUT2D eigenvalue weighted by Gasteiger charge is -2.25. The second-order valence-electron chi connectivity index (χ2n) is 9.24. The van der Waals surface area contributed by atoms with Crippen LogP contribution >= 0.6 is 0 Å². The van der Waals surface area contributed by atoms with Crippen LogP contribution in [0, 0.1) is 5.92 Å². The molecular weight excluding hydrogens is 414 g/mol. The van der Waals surface area contributed by atoms with Gasteiger partial charge in [0.05, 0.1) is 29.5 Å². The van der Waals surface area contributed by atoms with Gasteiger partial charge in [-0.1, -0.05) is 13.8 Å². The van der Waals surface area contributed by atoms with Crippen LogP contribution in [0.4, 0.5) is 11.6 Å². The summed E-state index contributed by atoms with van der Waals surface area (Å²) in [5.41, 5.74) is 4.77. The molecule has 0 unspecified atom stereocenters. The lowest BCUT2D eigenvalue weighted by atomic mass is 9.87. The molecule has 5 rings (SSSR count). The van der Waals surface area contributed by atoms with Gasteiger partial charge in [-0.15, -0.1) is 5.10 Å². The highest BCUT2D eigenvalue weighted by atomic mass is 16.3. The van der Waals surface area contributed by atoms with Gasteiger partial charge in [0.25, 0.3) is 0 Å². The number of hydrogen-bond acceptors (Lipinski definition) is 7. The lowest BCUT2D eigenvalue weighted by Crippen LogP contribution is -2.21. The molecule has 8 heteroatoms. The summed E-state index contributed by atoms with van der Waals surface area (Å²) >= 11 is 0. The summed E-state index contributed by atoms with van der Waals surface area (Å²) in [5, 5.41) is 25.8. The Balaban J connectivity index is 1.34. The molecule has 170 valence electrons. The second kappa shape index (κ2) is 9.23. The maximum absolute atomic E-state index is 9.72. The number of nitrogens with one attached hydrogen (secondary N) is 1. The van der Waals surface area contributed by atoms with E-state index in [1.165, 1.54) is 0 Å². The summed E-state index contributed by atoms with van der Waals surface area (Å²) in [5.74, 6) is 2.33. The second-order valence-corrected chi connectivity index (χ2v) is 9.24. The van der Waals surface area contributed by atoms with Gasteiger partial charge < -0.3 is 10.4 Å². The van der Waals surface area contributed by atoms with Crippen LogP contribution in [0.15, 0.2) is 49.1 Å². The van der Waals surface area contributed by atoms with Crippen LogP contribution in [0.5, 0.6) is 0 Å². The number of aromatic nitrogens is 6. The molecule has 0 atom stereocenters. The molecule has 1 saturated carbocycles. The molecule has 33 heavy (non-hydrogen) atoms. The Morgan fingerprint density at radius 1 is 1.00 bits per heavy atom. The average Bonchev–Trinajstić information content (AvgIpc) is 3.29. The normalized spacial score (nSPS) is 18.7. The topological polar surface area (TPSA) is 102 Å². The zero-order valence-corrected chi connectivity index (χ0v) is 19.0. The summed E-state index contributed by atoms with van der Waals surface area (Å²) in [6.45, 7) is 5.14. The standard InChI is InChI=1S/C25H29N7O/c1-16(2)18-10-25(31-27-12-18)30-24-8-7-22-23(29-24)9-19(11-26-22)20-13-28-32(15-20)14-17-3-5-21(33)6-4-17/h7-13,15-17,21,33H,3-6,14H2,1-2H3,(H,29,30,31). The van der Waals surface area contributed by atoms with E-state index in [0.29, 0.717) is 23.5 Å². The zero-order valence-electron chi connectivity index (χ0n) is 19.0. The SMILES string of the molecule is CC(C)c1cnnc(Nc2ccc3ncc(-c4cnn(CC5CCC(O)CC5)c4)cc3n2)c1. The van der Waals surface area contributed by atoms with Crippen molar-refractivity contribution in [2.45, 2.75) is 58.1 Å². The third kappa shape index (κ3) is 5.01. The molecule has 4 aromatic heterocycles. The molecule has 0 saturated heterocycles. The van der Waals surface area contributed by atoms with E-state index in [1.54, 1.807) is 6.20 Å². The molecule has 0 bridgehead atoms. The van der Waals surface area contributed by atoms with Gasteiger partial charge in [-0.05, 0) is 67.3 Å². The van der Waals surface area contributed by atoms with Crippen molar-refractivity contribution in [3.05, 3.63) is 54.6 Å². The maximum atomic E-state index is 9.72. The van der Waals surface area contributed by atoms with E-state index in [1.807, 2.05) is 41.3 Å². The van der Waals surface area contributed by atoms with Crippen molar-refractivity contribution in [3.8, 4) is 11.1 Å². The van der Waals surface area contributed by atoms with E-state index in [-0.39, 0.29) is 6.10 Å². The van der Waals surface area contributed by atoms with Crippen LogP contribution < -0.4 is 5.32 Å². The summed E-state index contributed by atoms with van der Waals surface area (Å²) in [6.07, 6.45) is 11.4. The largest absolute Gasteiger partial charge is 0.393 e. The fourth-order valence-electron chi connectivity index (χ4n) is 4.33. The molecule has 0 amide bonds. The fraction of sp³-hybridized carbons (Fsp3) is 0.400. The number of fused-ring (bicyclic) bond motifs is 1. The predicted molar refractivity (Wildman–Crippen MR) is 128 cm³/mol. The molecule has 0 spiro atoms. The van der Waals surface area contributed by atoms with E-state index in [4.69, 9.17) is 4.98 Å².